The highest BCUT2D eigenvalue weighted by Crippen LogP contribution is 2.23. The van der Waals surface area contributed by atoms with Gasteiger partial charge in [-0.05, 0) is 29.7 Å². The molecule has 0 aliphatic carbocycles. The molecule has 3 aromatic rings. The van der Waals surface area contributed by atoms with Crippen molar-refractivity contribution >= 4 is 17.6 Å². The van der Waals surface area contributed by atoms with Gasteiger partial charge >= 0.3 is 0 Å². The third-order valence-corrected chi connectivity index (χ3v) is 4.41. The Morgan fingerprint density at radius 1 is 1.07 bits per heavy atom. The van der Waals surface area contributed by atoms with Crippen LogP contribution in [-0.2, 0) is 4.79 Å². The normalized spacial score (nSPS) is 11.9. The van der Waals surface area contributed by atoms with Crippen LogP contribution in [0.5, 0.6) is 0 Å². The monoisotopic (exact) mass is 364 g/mol. The fraction of sp³-hybridized carbons (Fsp3) is 0.0833. The van der Waals surface area contributed by atoms with Gasteiger partial charge in [0.1, 0.15) is 5.92 Å². The van der Waals surface area contributed by atoms with Crippen molar-refractivity contribution in [3.8, 4) is 11.8 Å². The van der Waals surface area contributed by atoms with Crippen LogP contribution >= 0.6 is 0 Å². The number of hydrogen-bond acceptors (Lipinski definition) is 2. The maximum absolute atomic E-state index is 11.5. The number of nitriles is 1. The first kappa shape index (κ1) is 18.8. The Morgan fingerprint density at radius 3 is 2.25 bits per heavy atom. The van der Waals surface area contributed by atoms with E-state index in [1.165, 1.54) is 6.92 Å². The van der Waals surface area contributed by atoms with Gasteiger partial charge in [-0.3, -0.25) is 4.79 Å². The molecule has 0 spiro atoms. The Bertz CT molecular complexity index is 1080. The third-order valence-electron chi connectivity index (χ3n) is 4.41. The van der Waals surface area contributed by atoms with E-state index in [2.05, 4.69) is 4.85 Å². The van der Waals surface area contributed by atoms with E-state index in [-0.39, 0.29) is 5.78 Å². The molecular formula is C24H18N3O+. The molecule has 0 aliphatic rings. The minimum atomic E-state index is -0.767. The van der Waals surface area contributed by atoms with Gasteiger partial charge in [0.2, 0.25) is 5.69 Å². The van der Waals surface area contributed by atoms with E-state index in [4.69, 9.17) is 11.8 Å². The summed E-state index contributed by atoms with van der Waals surface area (Å²) in [7, 11) is 0. The number of benzene rings is 2. The van der Waals surface area contributed by atoms with Crippen LogP contribution in [0.1, 0.15) is 29.5 Å². The number of carbonyl (C=O) groups is 1. The fourth-order valence-corrected chi connectivity index (χ4v) is 2.89. The molecule has 0 fully saturated rings. The summed E-state index contributed by atoms with van der Waals surface area (Å²) >= 11 is 0. The molecule has 3 rings (SSSR count). The van der Waals surface area contributed by atoms with Crippen LogP contribution in [0.25, 0.3) is 22.3 Å². The highest BCUT2D eigenvalue weighted by atomic mass is 16.1. The van der Waals surface area contributed by atoms with E-state index in [9.17, 15) is 4.79 Å². The SMILES string of the molecule is [C-]#[N+]/C(=C\c1cc[n+](-c2ccccc2)cc1)c1ccc(C(C#N)C(C)=O)cc1. The summed E-state index contributed by atoms with van der Waals surface area (Å²) in [5.41, 5.74) is 3.88. The van der Waals surface area contributed by atoms with Crippen LogP contribution in [0, 0.1) is 17.9 Å². The smallest absolute Gasteiger partial charge is 0.210 e. The molecule has 0 saturated carbocycles. The van der Waals surface area contributed by atoms with Crippen molar-refractivity contribution < 1.29 is 9.36 Å². The molecule has 2 aromatic carbocycles. The molecular weight excluding hydrogens is 346 g/mol. The van der Waals surface area contributed by atoms with E-state index in [1.54, 1.807) is 24.3 Å². The second kappa shape index (κ2) is 8.58. The minimum Gasteiger partial charge on any atom is -0.298 e. The number of ketones is 1. The zero-order valence-electron chi connectivity index (χ0n) is 15.4. The average molecular weight is 364 g/mol. The second-order valence-electron chi connectivity index (χ2n) is 6.31. The molecule has 134 valence electrons. The summed E-state index contributed by atoms with van der Waals surface area (Å²) in [6.07, 6.45) is 5.73. The number of aromatic nitrogens is 1. The Morgan fingerprint density at radius 2 is 1.71 bits per heavy atom. The summed E-state index contributed by atoms with van der Waals surface area (Å²) < 4.78 is 2.01. The Balaban J connectivity index is 1.85. The number of Topliss-reactive ketones (excluding diaryl/α,β-unsaturated/α-hetero) is 1. The van der Waals surface area contributed by atoms with E-state index in [1.807, 2.05) is 71.6 Å². The summed E-state index contributed by atoms with van der Waals surface area (Å²) in [6, 6.07) is 22.9. The van der Waals surface area contributed by atoms with Gasteiger partial charge in [-0.15, -0.1) is 0 Å². The van der Waals surface area contributed by atoms with Crippen LogP contribution in [-0.4, -0.2) is 5.78 Å². The van der Waals surface area contributed by atoms with Gasteiger partial charge in [-0.25, -0.2) is 4.85 Å². The van der Waals surface area contributed by atoms with Gasteiger partial charge in [0.15, 0.2) is 23.9 Å². The molecule has 0 N–H and O–H groups in total. The van der Waals surface area contributed by atoms with Crippen molar-refractivity contribution in [1.29, 1.82) is 5.26 Å². The maximum Gasteiger partial charge on any atom is 0.210 e. The lowest BCUT2D eigenvalue weighted by Crippen LogP contribution is -2.28. The Labute approximate surface area is 164 Å². The summed E-state index contributed by atoms with van der Waals surface area (Å²) in [6.45, 7) is 8.92. The van der Waals surface area contributed by atoms with Crippen LogP contribution in [0.15, 0.2) is 79.1 Å². The van der Waals surface area contributed by atoms with E-state index < -0.39 is 5.92 Å². The van der Waals surface area contributed by atoms with Gasteiger partial charge in [-0.2, -0.15) is 9.83 Å². The van der Waals surface area contributed by atoms with Gasteiger partial charge in [0, 0.05) is 24.3 Å². The minimum absolute atomic E-state index is 0.188. The lowest BCUT2D eigenvalue weighted by molar-refractivity contribution is -0.595. The van der Waals surface area contributed by atoms with Gasteiger partial charge < -0.3 is 0 Å². The molecule has 28 heavy (non-hydrogen) atoms. The first-order valence-corrected chi connectivity index (χ1v) is 8.78. The van der Waals surface area contributed by atoms with Crippen molar-refractivity contribution in [1.82, 2.24) is 0 Å². The molecule has 1 unspecified atom stereocenters. The largest absolute Gasteiger partial charge is 0.298 e. The van der Waals surface area contributed by atoms with E-state index >= 15 is 0 Å². The van der Waals surface area contributed by atoms with Crippen molar-refractivity contribution in [3.05, 3.63) is 107 Å². The number of pyridine rings is 1. The molecule has 1 aromatic heterocycles. The molecule has 1 heterocycles. The highest BCUT2D eigenvalue weighted by Gasteiger charge is 2.15. The van der Waals surface area contributed by atoms with Crippen LogP contribution in [0.4, 0.5) is 0 Å². The summed E-state index contributed by atoms with van der Waals surface area (Å²) in [5.74, 6) is -0.954. The number of nitrogens with zero attached hydrogens (tertiary/aromatic N) is 3. The summed E-state index contributed by atoms with van der Waals surface area (Å²) in [5, 5.41) is 9.14. The predicted octanol–water partition coefficient (Wildman–Crippen LogP) is 4.58. The van der Waals surface area contributed by atoms with Crippen molar-refractivity contribution in [2.75, 3.05) is 0 Å². The molecule has 0 aliphatic heterocycles. The Hall–Kier alpha value is -4.02. The highest BCUT2D eigenvalue weighted by molar-refractivity contribution is 5.87. The number of hydrogen-bond donors (Lipinski definition) is 0. The first-order valence-electron chi connectivity index (χ1n) is 8.78. The molecule has 0 saturated heterocycles. The Kier molecular flexibility index (Phi) is 5.75. The van der Waals surface area contributed by atoms with Crippen molar-refractivity contribution in [3.63, 3.8) is 0 Å². The van der Waals surface area contributed by atoms with Gasteiger partial charge in [-0.1, -0.05) is 42.5 Å². The maximum atomic E-state index is 11.5. The van der Waals surface area contributed by atoms with E-state index in [0.717, 1.165) is 16.8 Å². The number of carbonyl (C=O) groups excluding carboxylic acids is 1. The lowest BCUT2D eigenvalue weighted by atomic mass is 9.95. The van der Waals surface area contributed by atoms with Crippen LogP contribution in [0.3, 0.4) is 0 Å². The average Bonchev–Trinajstić information content (AvgIpc) is 2.74. The van der Waals surface area contributed by atoms with Crippen molar-refractivity contribution in [2.45, 2.75) is 12.8 Å². The second-order valence-corrected chi connectivity index (χ2v) is 6.31. The molecule has 4 nitrogen and oxygen atoms in total. The number of rotatable bonds is 5. The molecule has 4 heteroatoms. The molecule has 0 radical (unpaired) electrons. The molecule has 0 amide bonds. The summed E-state index contributed by atoms with van der Waals surface area (Å²) in [4.78, 5) is 15.2. The third kappa shape index (κ3) is 4.20. The zero-order chi connectivity index (χ0) is 19.9. The quantitative estimate of drug-likeness (QED) is 0.492. The molecule has 1 atom stereocenters. The van der Waals surface area contributed by atoms with Crippen LogP contribution < -0.4 is 4.57 Å². The van der Waals surface area contributed by atoms with Crippen LogP contribution in [0.2, 0.25) is 0 Å². The topological polar surface area (TPSA) is 49.1 Å². The number of para-hydroxylation sites is 1. The lowest BCUT2D eigenvalue weighted by Gasteiger charge is -2.06. The van der Waals surface area contributed by atoms with Gasteiger partial charge in [0.05, 0.1) is 12.6 Å². The molecule has 0 bridgehead atoms. The zero-order valence-corrected chi connectivity index (χ0v) is 15.4. The first-order chi connectivity index (χ1) is 13.6. The van der Waals surface area contributed by atoms with Gasteiger partial charge in [0.25, 0.3) is 0 Å². The predicted molar refractivity (Wildman–Crippen MR) is 108 cm³/mol. The fourth-order valence-electron chi connectivity index (χ4n) is 2.89. The standard InChI is InChI=1S/C24H18N3O/c1-18(28)23(17-25)20-8-10-21(11-9-20)24(26-2)16-19-12-14-27(15-13-19)22-6-4-3-5-7-22/h3-16,23H,1H3/q+1/b24-16-. The van der Waals surface area contributed by atoms with E-state index in [0.29, 0.717) is 11.3 Å². The van der Waals surface area contributed by atoms with Crippen molar-refractivity contribution in [2.24, 2.45) is 0 Å².